The molecule has 0 aromatic heterocycles. The smallest absolute Gasteiger partial charge is 0.251 e. The molecule has 8 nitrogen and oxygen atoms in total. The number of carbonyl (C=O) groups is 2. The molecule has 1 fully saturated rings. The Hall–Kier alpha value is -1.68. The van der Waals surface area contributed by atoms with Crippen LogP contribution in [0.3, 0.4) is 0 Å². The maximum absolute atomic E-state index is 12.6. The van der Waals surface area contributed by atoms with E-state index < -0.39 is 15.9 Å². The van der Waals surface area contributed by atoms with Crippen LogP contribution in [-0.4, -0.2) is 74.7 Å². The number of amides is 2. The highest BCUT2D eigenvalue weighted by molar-refractivity contribution is 7.89. The summed E-state index contributed by atoms with van der Waals surface area (Å²) >= 11 is 0. The average molecular weight is 433 g/mol. The third-order valence-electron chi connectivity index (χ3n) is 4.66. The van der Waals surface area contributed by atoms with E-state index in [4.69, 9.17) is 0 Å². The fourth-order valence-corrected chi connectivity index (χ4v) is 4.59. The van der Waals surface area contributed by atoms with Crippen molar-refractivity contribution in [1.82, 2.24) is 19.8 Å². The van der Waals surface area contributed by atoms with Gasteiger partial charge in [0.15, 0.2) is 0 Å². The summed E-state index contributed by atoms with van der Waals surface area (Å²) in [5.74, 6) is -0.619. The molecule has 0 bridgehead atoms. The predicted molar refractivity (Wildman–Crippen MR) is 110 cm³/mol. The molecule has 10 heteroatoms. The number of nitrogens with zero attached hydrogens (tertiary/aromatic N) is 2. The van der Waals surface area contributed by atoms with Gasteiger partial charge in [-0.15, -0.1) is 12.4 Å². The van der Waals surface area contributed by atoms with Gasteiger partial charge in [0.2, 0.25) is 15.9 Å². The van der Waals surface area contributed by atoms with Crippen LogP contribution in [0.5, 0.6) is 0 Å². The average Bonchev–Trinajstić information content (AvgIpc) is 2.67. The van der Waals surface area contributed by atoms with E-state index in [2.05, 4.69) is 10.6 Å². The number of halogens is 1. The number of hydrogen-bond acceptors (Lipinski definition) is 5. The second-order valence-corrected chi connectivity index (χ2v) is 8.38. The lowest BCUT2D eigenvalue weighted by molar-refractivity contribution is -0.132. The van der Waals surface area contributed by atoms with Crippen molar-refractivity contribution < 1.29 is 18.0 Å². The third kappa shape index (κ3) is 5.66. The van der Waals surface area contributed by atoms with Crippen molar-refractivity contribution in [2.45, 2.75) is 31.7 Å². The Morgan fingerprint density at radius 1 is 1.29 bits per heavy atom. The molecule has 1 aliphatic heterocycles. The van der Waals surface area contributed by atoms with Crippen molar-refractivity contribution in [2.75, 3.05) is 39.3 Å². The summed E-state index contributed by atoms with van der Waals surface area (Å²) in [4.78, 5) is 26.5. The highest BCUT2D eigenvalue weighted by Gasteiger charge is 2.24. The minimum atomic E-state index is -3.64. The third-order valence-corrected chi connectivity index (χ3v) is 6.71. The molecule has 1 aromatic carbocycles. The zero-order valence-electron chi connectivity index (χ0n) is 16.5. The van der Waals surface area contributed by atoms with E-state index in [9.17, 15) is 18.0 Å². The SMILES string of the molecule is CCN(CC)S(=O)(=O)c1cccc(C(=O)NCC(=O)N2CCNC[C@H]2C)c1.Cl. The molecule has 1 heterocycles. The molecule has 1 aliphatic rings. The van der Waals surface area contributed by atoms with Gasteiger partial charge in [-0.3, -0.25) is 9.59 Å². The van der Waals surface area contributed by atoms with E-state index in [1.54, 1.807) is 18.7 Å². The lowest BCUT2D eigenvalue weighted by Gasteiger charge is -2.34. The Kier molecular flexibility index (Phi) is 9.35. The van der Waals surface area contributed by atoms with Crippen molar-refractivity contribution in [3.05, 3.63) is 29.8 Å². The van der Waals surface area contributed by atoms with Gasteiger partial charge in [-0.2, -0.15) is 4.31 Å². The summed E-state index contributed by atoms with van der Waals surface area (Å²) < 4.78 is 26.5. The van der Waals surface area contributed by atoms with E-state index in [-0.39, 0.29) is 41.4 Å². The van der Waals surface area contributed by atoms with Gasteiger partial charge in [0.25, 0.3) is 5.91 Å². The van der Waals surface area contributed by atoms with Crippen molar-refractivity contribution >= 4 is 34.2 Å². The minimum Gasteiger partial charge on any atom is -0.343 e. The molecule has 2 N–H and O–H groups in total. The van der Waals surface area contributed by atoms with Crippen molar-refractivity contribution in [1.29, 1.82) is 0 Å². The van der Waals surface area contributed by atoms with E-state index in [0.29, 0.717) is 19.6 Å². The van der Waals surface area contributed by atoms with Crippen molar-refractivity contribution in [2.24, 2.45) is 0 Å². The molecule has 158 valence electrons. The molecule has 2 amide bonds. The molecule has 1 saturated heterocycles. The molecular formula is C18H29ClN4O4S. The van der Waals surface area contributed by atoms with E-state index >= 15 is 0 Å². The standard InChI is InChI=1S/C18H28N4O4S.ClH/c1-4-21(5-2)27(25,26)16-8-6-7-15(11-16)18(24)20-13-17(23)22-10-9-19-12-14(22)3;/h6-8,11,14,19H,4-5,9-10,12-13H2,1-3H3,(H,20,24);1H/t14-;/m1./s1. The summed E-state index contributed by atoms with van der Waals surface area (Å²) in [6.45, 7) is 8.14. The number of piperazine rings is 1. The fourth-order valence-electron chi connectivity index (χ4n) is 3.08. The Morgan fingerprint density at radius 3 is 2.57 bits per heavy atom. The highest BCUT2D eigenvalue weighted by atomic mass is 35.5. The van der Waals surface area contributed by atoms with Crippen LogP contribution in [0, 0.1) is 0 Å². The van der Waals surface area contributed by atoms with Gasteiger partial charge < -0.3 is 15.5 Å². The lowest BCUT2D eigenvalue weighted by Crippen LogP contribution is -2.54. The number of hydrogen-bond donors (Lipinski definition) is 2. The Balaban J connectivity index is 0.00000392. The molecular weight excluding hydrogens is 404 g/mol. The summed E-state index contributed by atoms with van der Waals surface area (Å²) in [6, 6.07) is 5.96. The van der Waals surface area contributed by atoms with Gasteiger partial charge in [0.1, 0.15) is 0 Å². The van der Waals surface area contributed by atoms with E-state index in [1.165, 1.54) is 28.6 Å². The first kappa shape index (κ1) is 24.4. The number of benzene rings is 1. The van der Waals surface area contributed by atoms with Crippen LogP contribution in [0.1, 0.15) is 31.1 Å². The maximum Gasteiger partial charge on any atom is 0.251 e. The first-order chi connectivity index (χ1) is 12.8. The quantitative estimate of drug-likeness (QED) is 0.660. The number of nitrogens with one attached hydrogen (secondary N) is 2. The van der Waals surface area contributed by atoms with Crippen LogP contribution < -0.4 is 10.6 Å². The molecule has 2 rings (SSSR count). The largest absolute Gasteiger partial charge is 0.343 e. The molecule has 0 radical (unpaired) electrons. The zero-order chi connectivity index (χ0) is 20.0. The van der Waals surface area contributed by atoms with Crippen molar-refractivity contribution in [3.63, 3.8) is 0 Å². The molecule has 0 aliphatic carbocycles. The topological polar surface area (TPSA) is 98.8 Å². The summed E-state index contributed by atoms with van der Waals surface area (Å²) in [5, 5.41) is 5.80. The molecule has 0 saturated carbocycles. The van der Waals surface area contributed by atoms with Crippen LogP contribution in [0.4, 0.5) is 0 Å². The van der Waals surface area contributed by atoms with Crippen LogP contribution in [0.25, 0.3) is 0 Å². The Labute approximate surface area is 173 Å². The van der Waals surface area contributed by atoms with Crippen molar-refractivity contribution in [3.8, 4) is 0 Å². The molecule has 1 atom stereocenters. The van der Waals surface area contributed by atoms with Gasteiger partial charge in [-0.1, -0.05) is 19.9 Å². The van der Waals surface area contributed by atoms with Gasteiger partial charge >= 0.3 is 0 Å². The van der Waals surface area contributed by atoms with E-state index in [1.807, 2.05) is 6.92 Å². The zero-order valence-corrected chi connectivity index (χ0v) is 18.1. The normalized spacial score (nSPS) is 17.1. The van der Waals surface area contributed by atoms with Gasteiger partial charge in [0.05, 0.1) is 11.4 Å². The Bertz CT molecular complexity index is 784. The van der Waals surface area contributed by atoms with Crippen LogP contribution >= 0.6 is 12.4 Å². The number of sulfonamides is 1. The molecule has 0 spiro atoms. The first-order valence-electron chi connectivity index (χ1n) is 9.19. The van der Waals surface area contributed by atoms with Crippen LogP contribution in [0.15, 0.2) is 29.2 Å². The molecule has 0 unspecified atom stereocenters. The number of rotatable bonds is 7. The minimum absolute atomic E-state index is 0. The first-order valence-corrected chi connectivity index (χ1v) is 10.6. The summed E-state index contributed by atoms with van der Waals surface area (Å²) in [7, 11) is -3.64. The summed E-state index contributed by atoms with van der Waals surface area (Å²) in [5.41, 5.74) is 0.212. The predicted octanol–water partition coefficient (Wildman–Crippen LogP) is 0.689. The fraction of sp³-hybridized carbons (Fsp3) is 0.556. The second-order valence-electron chi connectivity index (χ2n) is 6.44. The van der Waals surface area contributed by atoms with Gasteiger partial charge in [-0.25, -0.2) is 8.42 Å². The second kappa shape index (κ2) is 10.8. The van der Waals surface area contributed by atoms with E-state index in [0.717, 1.165) is 13.1 Å². The van der Waals surface area contributed by atoms with Gasteiger partial charge in [-0.05, 0) is 25.1 Å². The monoisotopic (exact) mass is 432 g/mol. The van der Waals surface area contributed by atoms with Crippen LogP contribution in [0.2, 0.25) is 0 Å². The Morgan fingerprint density at radius 2 is 1.96 bits per heavy atom. The molecule has 28 heavy (non-hydrogen) atoms. The maximum atomic E-state index is 12.6. The van der Waals surface area contributed by atoms with Gasteiger partial charge in [0, 0.05) is 44.3 Å². The lowest BCUT2D eigenvalue weighted by atomic mass is 10.2. The highest BCUT2D eigenvalue weighted by Crippen LogP contribution is 2.17. The number of carbonyl (C=O) groups excluding carboxylic acids is 2. The molecule has 1 aromatic rings. The van der Waals surface area contributed by atoms with Crippen LogP contribution in [-0.2, 0) is 14.8 Å². The summed E-state index contributed by atoms with van der Waals surface area (Å²) in [6.07, 6.45) is 0.